The molecule has 0 atom stereocenters. The number of aliphatic hydroxyl groups is 1. The van der Waals surface area contributed by atoms with Crippen LogP contribution in [-0.4, -0.2) is 10.3 Å². The van der Waals surface area contributed by atoms with Crippen LogP contribution in [0.25, 0.3) is 11.3 Å². The van der Waals surface area contributed by atoms with Gasteiger partial charge in [-0.15, -0.1) is 0 Å². The van der Waals surface area contributed by atoms with Crippen LogP contribution in [0, 0.1) is 0 Å². The Balaban J connectivity index is 1.86. The average Bonchev–Trinajstić information content (AvgIpc) is 2.98. The van der Waals surface area contributed by atoms with Gasteiger partial charge in [0.05, 0.1) is 0 Å². The van der Waals surface area contributed by atoms with Gasteiger partial charge in [0.15, 0.2) is 5.76 Å². The molecular formula is C16H13NO3. The fourth-order valence-corrected chi connectivity index (χ4v) is 1.87. The van der Waals surface area contributed by atoms with E-state index in [9.17, 15) is 0 Å². The molecule has 0 saturated heterocycles. The van der Waals surface area contributed by atoms with Gasteiger partial charge in [-0.05, 0) is 24.3 Å². The quantitative estimate of drug-likeness (QED) is 0.784. The second-order valence-electron chi connectivity index (χ2n) is 4.28. The molecule has 100 valence electrons. The van der Waals surface area contributed by atoms with Gasteiger partial charge in [0.25, 0.3) is 0 Å². The molecule has 0 aliphatic heterocycles. The number of hydrogen-bond acceptors (Lipinski definition) is 4. The molecule has 4 heteroatoms. The molecule has 0 aliphatic rings. The SMILES string of the molecule is OCc1cc(-c2cccc(Oc3ccccc3)c2)no1. The lowest BCUT2D eigenvalue weighted by molar-refractivity contribution is 0.229. The molecule has 0 fully saturated rings. The summed E-state index contributed by atoms with van der Waals surface area (Å²) in [5.74, 6) is 1.94. The second kappa shape index (κ2) is 5.59. The van der Waals surface area contributed by atoms with Gasteiger partial charge in [-0.3, -0.25) is 0 Å². The van der Waals surface area contributed by atoms with Crippen molar-refractivity contribution in [3.05, 3.63) is 66.4 Å². The standard InChI is InChI=1S/C16H13NO3/c18-11-15-10-16(17-20-15)12-5-4-8-14(9-12)19-13-6-2-1-3-7-13/h1-10,18H,11H2. The summed E-state index contributed by atoms with van der Waals surface area (Å²) in [5, 5.41) is 12.9. The Bertz CT molecular complexity index is 692. The topological polar surface area (TPSA) is 55.5 Å². The number of aliphatic hydroxyl groups excluding tert-OH is 1. The zero-order chi connectivity index (χ0) is 13.8. The number of aromatic nitrogens is 1. The van der Waals surface area contributed by atoms with Crippen LogP contribution < -0.4 is 4.74 Å². The third-order valence-electron chi connectivity index (χ3n) is 2.82. The summed E-state index contributed by atoms with van der Waals surface area (Å²) >= 11 is 0. The normalized spacial score (nSPS) is 10.4. The van der Waals surface area contributed by atoms with Crippen molar-refractivity contribution in [3.63, 3.8) is 0 Å². The Morgan fingerprint density at radius 1 is 0.950 bits per heavy atom. The van der Waals surface area contributed by atoms with E-state index < -0.39 is 0 Å². The highest BCUT2D eigenvalue weighted by Crippen LogP contribution is 2.27. The van der Waals surface area contributed by atoms with Crippen LogP contribution in [0.1, 0.15) is 5.76 Å². The van der Waals surface area contributed by atoms with Crippen LogP contribution >= 0.6 is 0 Å². The smallest absolute Gasteiger partial charge is 0.162 e. The minimum Gasteiger partial charge on any atom is -0.457 e. The number of rotatable bonds is 4. The van der Waals surface area contributed by atoms with Crippen molar-refractivity contribution in [2.24, 2.45) is 0 Å². The third kappa shape index (κ3) is 2.70. The molecule has 0 saturated carbocycles. The second-order valence-corrected chi connectivity index (χ2v) is 4.28. The van der Waals surface area contributed by atoms with Crippen molar-refractivity contribution in [2.75, 3.05) is 0 Å². The lowest BCUT2D eigenvalue weighted by Gasteiger charge is -2.06. The first-order chi connectivity index (χ1) is 9.85. The first-order valence-electron chi connectivity index (χ1n) is 6.25. The summed E-state index contributed by atoms with van der Waals surface area (Å²) in [6.07, 6.45) is 0. The van der Waals surface area contributed by atoms with E-state index in [1.54, 1.807) is 6.07 Å². The van der Waals surface area contributed by atoms with E-state index in [-0.39, 0.29) is 6.61 Å². The molecule has 3 aromatic rings. The maximum atomic E-state index is 8.99. The zero-order valence-corrected chi connectivity index (χ0v) is 10.7. The average molecular weight is 267 g/mol. The van der Waals surface area contributed by atoms with Gasteiger partial charge in [-0.25, -0.2) is 0 Å². The van der Waals surface area contributed by atoms with Crippen LogP contribution in [0.2, 0.25) is 0 Å². The van der Waals surface area contributed by atoms with Crippen molar-refractivity contribution in [2.45, 2.75) is 6.61 Å². The van der Waals surface area contributed by atoms with Crippen LogP contribution in [0.5, 0.6) is 11.5 Å². The fraction of sp³-hybridized carbons (Fsp3) is 0.0625. The Hall–Kier alpha value is -2.59. The molecule has 0 amide bonds. The molecule has 3 rings (SSSR count). The van der Waals surface area contributed by atoms with E-state index in [0.29, 0.717) is 11.5 Å². The fourth-order valence-electron chi connectivity index (χ4n) is 1.87. The highest BCUT2D eigenvalue weighted by atomic mass is 16.5. The van der Waals surface area contributed by atoms with E-state index in [4.69, 9.17) is 14.4 Å². The molecule has 0 unspecified atom stereocenters. The zero-order valence-electron chi connectivity index (χ0n) is 10.7. The van der Waals surface area contributed by atoms with Gasteiger partial charge in [0.2, 0.25) is 0 Å². The first kappa shape index (κ1) is 12.4. The molecule has 2 aromatic carbocycles. The summed E-state index contributed by atoms with van der Waals surface area (Å²) in [5.41, 5.74) is 1.55. The van der Waals surface area contributed by atoms with E-state index in [0.717, 1.165) is 17.1 Å². The van der Waals surface area contributed by atoms with E-state index >= 15 is 0 Å². The highest BCUT2D eigenvalue weighted by molar-refractivity contribution is 5.61. The predicted octanol–water partition coefficient (Wildman–Crippen LogP) is 3.63. The molecule has 0 bridgehead atoms. The van der Waals surface area contributed by atoms with E-state index in [1.807, 2.05) is 54.6 Å². The molecule has 0 radical (unpaired) electrons. The summed E-state index contributed by atoms with van der Waals surface area (Å²) in [6, 6.07) is 18.8. The lowest BCUT2D eigenvalue weighted by atomic mass is 10.1. The van der Waals surface area contributed by atoms with Gasteiger partial charge in [0.1, 0.15) is 23.8 Å². The minimum absolute atomic E-state index is 0.160. The Morgan fingerprint density at radius 3 is 2.50 bits per heavy atom. The molecule has 1 N–H and O–H groups in total. The molecule has 4 nitrogen and oxygen atoms in total. The van der Waals surface area contributed by atoms with Gasteiger partial charge in [-0.1, -0.05) is 35.5 Å². The van der Waals surface area contributed by atoms with E-state index in [2.05, 4.69) is 5.16 Å². The van der Waals surface area contributed by atoms with Gasteiger partial charge in [0, 0.05) is 11.6 Å². The Morgan fingerprint density at radius 2 is 1.75 bits per heavy atom. The maximum absolute atomic E-state index is 8.99. The number of benzene rings is 2. The molecule has 20 heavy (non-hydrogen) atoms. The Labute approximate surface area is 116 Å². The molecule has 1 heterocycles. The third-order valence-corrected chi connectivity index (χ3v) is 2.82. The van der Waals surface area contributed by atoms with Crippen molar-refractivity contribution in [1.29, 1.82) is 0 Å². The highest BCUT2D eigenvalue weighted by Gasteiger charge is 2.07. The van der Waals surface area contributed by atoms with Gasteiger partial charge < -0.3 is 14.4 Å². The number of para-hydroxylation sites is 1. The molecule has 0 spiro atoms. The Kier molecular flexibility index (Phi) is 3.48. The monoisotopic (exact) mass is 267 g/mol. The van der Waals surface area contributed by atoms with E-state index in [1.165, 1.54) is 0 Å². The summed E-state index contributed by atoms with van der Waals surface area (Å²) in [6.45, 7) is -0.160. The van der Waals surface area contributed by atoms with Crippen LogP contribution in [0.3, 0.4) is 0 Å². The van der Waals surface area contributed by atoms with Gasteiger partial charge >= 0.3 is 0 Å². The molecular weight excluding hydrogens is 254 g/mol. The van der Waals surface area contributed by atoms with Crippen molar-refractivity contribution < 1.29 is 14.4 Å². The van der Waals surface area contributed by atoms with Crippen LogP contribution in [-0.2, 0) is 6.61 Å². The predicted molar refractivity (Wildman–Crippen MR) is 74.4 cm³/mol. The number of nitrogens with zero attached hydrogens (tertiary/aromatic N) is 1. The minimum atomic E-state index is -0.160. The van der Waals surface area contributed by atoms with Crippen molar-refractivity contribution >= 4 is 0 Å². The maximum Gasteiger partial charge on any atom is 0.162 e. The summed E-state index contributed by atoms with van der Waals surface area (Å²) < 4.78 is 10.8. The van der Waals surface area contributed by atoms with Crippen LogP contribution in [0.4, 0.5) is 0 Å². The number of ether oxygens (including phenoxy) is 1. The largest absolute Gasteiger partial charge is 0.457 e. The van der Waals surface area contributed by atoms with Gasteiger partial charge in [-0.2, -0.15) is 0 Å². The lowest BCUT2D eigenvalue weighted by Crippen LogP contribution is -1.84. The van der Waals surface area contributed by atoms with Crippen molar-refractivity contribution in [3.8, 4) is 22.8 Å². The number of hydrogen-bond donors (Lipinski definition) is 1. The summed E-state index contributed by atoms with van der Waals surface area (Å²) in [4.78, 5) is 0. The summed E-state index contributed by atoms with van der Waals surface area (Å²) in [7, 11) is 0. The molecule has 0 aliphatic carbocycles. The van der Waals surface area contributed by atoms with Crippen molar-refractivity contribution in [1.82, 2.24) is 5.16 Å². The first-order valence-corrected chi connectivity index (χ1v) is 6.25. The molecule has 1 aromatic heterocycles. The van der Waals surface area contributed by atoms with Crippen LogP contribution in [0.15, 0.2) is 65.2 Å².